The Labute approximate surface area is 111 Å². The van der Waals surface area contributed by atoms with Crippen molar-refractivity contribution >= 4 is 17.7 Å². The number of aliphatic carboxylic acids is 2. The van der Waals surface area contributed by atoms with Crippen LogP contribution in [0.1, 0.15) is 33.1 Å². The lowest BCUT2D eigenvalue weighted by atomic mass is 9.64. The molecule has 1 fully saturated rings. The van der Waals surface area contributed by atoms with Gasteiger partial charge in [-0.15, -0.1) is 0 Å². The van der Waals surface area contributed by atoms with Crippen molar-refractivity contribution in [2.24, 2.45) is 11.3 Å². The summed E-state index contributed by atoms with van der Waals surface area (Å²) in [5.74, 6) is -2.60. The summed E-state index contributed by atoms with van der Waals surface area (Å²) in [7, 11) is 0. The van der Waals surface area contributed by atoms with Crippen LogP contribution in [-0.2, 0) is 14.4 Å². The molecular weight excluding hydrogens is 248 g/mol. The molecule has 5 heteroatoms. The predicted octanol–water partition coefficient (Wildman–Crippen LogP) is 2.03. The summed E-state index contributed by atoms with van der Waals surface area (Å²) in [6, 6.07) is 0. The van der Waals surface area contributed by atoms with Gasteiger partial charge in [0, 0.05) is 17.1 Å². The molecule has 104 valence electrons. The zero-order chi connectivity index (χ0) is 14.8. The Balaban J connectivity index is 3.09. The van der Waals surface area contributed by atoms with Gasteiger partial charge in [0.15, 0.2) is 0 Å². The molecule has 1 aliphatic carbocycles. The van der Waals surface area contributed by atoms with E-state index in [0.29, 0.717) is 24.8 Å². The molecule has 2 unspecified atom stereocenters. The molecule has 1 aliphatic rings. The Morgan fingerprint density at radius 2 is 1.95 bits per heavy atom. The summed E-state index contributed by atoms with van der Waals surface area (Å²) in [6.45, 7) is 6.62. The van der Waals surface area contributed by atoms with E-state index in [2.05, 4.69) is 6.58 Å². The average molecular weight is 266 g/mol. The topological polar surface area (TPSA) is 91.7 Å². The molecule has 0 amide bonds. The quantitative estimate of drug-likeness (QED) is 0.760. The molecule has 0 aliphatic heterocycles. The average Bonchev–Trinajstić information content (AvgIpc) is 2.30. The fourth-order valence-corrected chi connectivity index (χ4v) is 2.55. The molecule has 0 aromatic heterocycles. The second kappa shape index (κ2) is 5.38. The Morgan fingerprint density at radius 3 is 2.37 bits per heavy atom. The van der Waals surface area contributed by atoms with Crippen molar-refractivity contribution in [3.05, 3.63) is 23.8 Å². The number of carbonyl (C=O) groups excluding carboxylic acids is 1. The molecule has 1 rings (SSSR count). The Bertz CT molecular complexity index is 474. The number of Topliss-reactive ketones (excluding diaryl/α,β-unsaturated/α-hetero) is 1. The van der Waals surface area contributed by atoms with Crippen LogP contribution in [0.5, 0.6) is 0 Å². The van der Waals surface area contributed by atoms with Crippen LogP contribution in [0, 0.1) is 11.3 Å². The lowest BCUT2D eigenvalue weighted by molar-refractivity contribution is -0.134. The molecule has 0 radical (unpaired) electrons. The lowest BCUT2D eigenvalue weighted by Crippen LogP contribution is -2.36. The minimum Gasteiger partial charge on any atom is -0.478 e. The highest BCUT2D eigenvalue weighted by Crippen LogP contribution is 2.45. The van der Waals surface area contributed by atoms with Crippen molar-refractivity contribution < 1.29 is 24.6 Å². The molecule has 5 nitrogen and oxygen atoms in total. The van der Waals surface area contributed by atoms with Gasteiger partial charge < -0.3 is 10.2 Å². The van der Waals surface area contributed by atoms with Crippen molar-refractivity contribution in [3.8, 4) is 0 Å². The number of hydrogen-bond acceptors (Lipinski definition) is 3. The van der Waals surface area contributed by atoms with Gasteiger partial charge >= 0.3 is 11.9 Å². The van der Waals surface area contributed by atoms with Crippen LogP contribution in [0.15, 0.2) is 23.8 Å². The van der Waals surface area contributed by atoms with Crippen LogP contribution in [0.25, 0.3) is 0 Å². The maximum atomic E-state index is 11.8. The van der Waals surface area contributed by atoms with Crippen LogP contribution in [-0.4, -0.2) is 27.9 Å². The third-order valence-corrected chi connectivity index (χ3v) is 3.97. The molecular formula is C14H18O5. The highest BCUT2D eigenvalue weighted by Gasteiger charge is 2.41. The zero-order valence-corrected chi connectivity index (χ0v) is 11.1. The Kier molecular flexibility index (Phi) is 4.29. The maximum absolute atomic E-state index is 11.8. The molecule has 0 bridgehead atoms. The second-order valence-electron chi connectivity index (χ2n) is 5.17. The van der Waals surface area contributed by atoms with Crippen molar-refractivity contribution in [1.29, 1.82) is 0 Å². The standard InChI is InChI=1S/C14H18O5/c1-8(13(18)19)10-4-5-11(6-12(16)17)14(3,7-10)9(2)15/h6,10H,1,4-5,7H2,2-3H3,(H,16,17)(H,18,19). The third kappa shape index (κ3) is 3.10. The molecule has 1 saturated carbocycles. The zero-order valence-electron chi connectivity index (χ0n) is 11.1. The van der Waals surface area contributed by atoms with Crippen LogP contribution in [0.3, 0.4) is 0 Å². The summed E-state index contributed by atoms with van der Waals surface area (Å²) in [4.78, 5) is 33.6. The van der Waals surface area contributed by atoms with Crippen molar-refractivity contribution in [2.45, 2.75) is 33.1 Å². The van der Waals surface area contributed by atoms with Gasteiger partial charge in [-0.25, -0.2) is 9.59 Å². The van der Waals surface area contributed by atoms with Crippen LogP contribution in [0.4, 0.5) is 0 Å². The lowest BCUT2D eigenvalue weighted by Gasteiger charge is -2.38. The van der Waals surface area contributed by atoms with E-state index < -0.39 is 17.4 Å². The van der Waals surface area contributed by atoms with E-state index >= 15 is 0 Å². The molecule has 0 spiro atoms. The van der Waals surface area contributed by atoms with Gasteiger partial charge in [-0.05, 0) is 44.6 Å². The molecule has 2 atom stereocenters. The van der Waals surface area contributed by atoms with Crippen molar-refractivity contribution in [3.63, 3.8) is 0 Å². The Morgan fingerprint density at radius 1 is 1.37 bits per heavy atom. The third-order valence-electron chi connectivity index (χ3n) is 3.97. The summed E-state index contributed by atoms with van der Waals surface area (Å²) >= 11 is 0. The molecule has 19 heavy (non-hydrogen) atoms. The van der Waals surface area contributed by atoms with Gasteiger partial charge in [-0.3, -0.25) is 4.79 Å². The van der Waals surface area contributed by atoms with E-state index in [1.807, 2.05) is 0 Å². The van der Waals surface area contributed by atoms with E-state index in [4.69, 9.17) is 10.2 Å². The second-order valence-corrected chi connectivity index (χ2v) is 5.17. The fourth-order valence-electron chi connectivity index (χ4n) is 2.55. The number of hydrogen-bond donors (Lipinski definition) is 2. The SMILES string of the molecule is C=C(C(=O)O)C1CCC(=CC(=O)O)C(C)(C(C)=O)C1. The molecule has 2 N–H and O–H groups in total. The van der Waals surface area contributed by atoms with E-state index in [1.54, 1.807) is 6.92 Å². The van der Waals surface area contributed by atoms with E-state index in [0.717, 1.165) is 6.08 Å². The van der Waals surface area contributed by atoms with E-state index in [9.17, 15) is 14.4 Å². The smallest absolute Gasteiger partial charge is 0.331 e. The highest BCUT2D eigenvalue weighted by atomic mass is 16.4. The van der Waals surface area contributed by atoms with Crippen LogP contribution < -0.4 is 0 Å². The highest BCUT2D eigenvalue weighted by molar-refractivity contribution is 5.90. The largest absolute Gasteiger partial charge is 0.478 e. The van der Waals surface area contributed by atoms with Crippen LogP contribution >= 0.6 is 0 Å². The van der Waals surface area contributed by atoms with Gasteiger partial charge in [0.05, 0.1) is 0 Å². The number of carbonyl (C=O) groups is 3. The number of carboxylic acids is 2. The summed E-state index contributed by atoms with van der Waals surface area (Å²) < 4.78 is 0. The van der Waals surface area contributed by atoms with Crippen LogP contribution in [0.2, 0.25) is 0 Å². The number of ketones is 1. The first kappa shape index (κ1) is 15.1. The minimum absolute atomic E-state index is 0.0850. The Hall–Kier alpha value is -1.91. The molecule has 0 aromatic carbocycles. The van der Waals surface area contributed by atoms with Gasteiger partial charge in [0.25, 0.3) is 0 Å². The molecule has 0 saturated heterocycles. The number of allylic oxidation sites excluding steroid dienone is 1. The van der Waals surface area contributed by atoms with Crippen molar-refractivity contribution in [2.75, 3.05) is 0 Å². The van der Waals surface area contributed by atoms with Crippen molar-refractivity contribution in [1.82, 2.24) is 0 Å². The molecule has 0 heterocycles. The molecule has 0 aromatic rings. The number of rotatable bonds is 4. The van der Waals surface area contributed by atoms with E-state index in [-0.39, 0.29) is 17.3 Å². The number of carboxylic acid groups (broad SMARTS) is 2. The predicted molar refractivity (Wildman–Crippen MR) is 68.6 cm³/mol. The van der Waals surface area contributed by atoms with E-state index in [1.165, 1.54) is 6.92 Å². The first-order valence-electron chi connectivity index (χ1n) is 6.05. The fraction of sp³-hybridized carbons (Fsp3) is 0.500. The van der Waals surface area contributed by atoms with Gasteiger partial charge in [-0.2, -0.15) is 0 Å². The summed E-state index contributed by atoms with van der Waals surface area (Å²) in [6.07, 6.45) is 2.28. The first-order chi connectivity index (χ1) is 8.68. The normalized spacial score (nSPS) is 28.9. The van der Waals surface area contributed by atoms with Gasteiger partial charge in [-0.1, -0.05) is 6.58 Å². The summed E-state index contributed by atoms with van der Waals surface area (Å²) in [5.41, 5.74) is -0.275. The van der Waals surface area contributed by atoms with Gasteiger partial charge in [0.2, 0.25) is 0 Å². The van der Waals surface area contributed by atoms with Gasteiger partial charge in [0.1, 0.15) is 5.78 Å². The monoisotopic (exact) mass is 266 g/mol. The minimum atomic E-state index is -1.09. The summed E-state index contributed by atoms with van der Waals surface area (Å²) in [5, 5.41) is 17.8. The first-order valence-corrected chi connectivity index (χ1v) is 6.05. The maximum Gasteiger partial charge on any atom is 0.331 e.